The number of hydrogen-bond donors (Lipinski definition) is 1. The number of anilines is 2. The van der Waals surface area contributed by atoms with Crippen molar-refractivity contribution in [3.8, 4) is 5.75 Å². The zero-order chi connectivity index (χ0) is 20.3. The lowest BCUT2D eigenvalue weighted by atomic mass is 10.1. The number of rotatable bonds is 6. The molecule has 0 aliphatic carbocycles. The third-order valence-corrected chi connectivity index (χ3v) is 4.50. The number of carbonyl (C=O) groups excluding carboxylic acids is 1. The molecule has 4 rings (SSSR count). The molecule has 3 aromatic rings. The van der Waals surface area contributed by atoms with Crippen LogP contribution < -0.4 is 15.0 Å². The van der Waals surface area contributed by atoms with E-state index in [0.29, 0.717) is 17.1 Å². The summed E-state index contributed by atoms with van der Waals surface area (Å²) in [5, 5.41) is 10.1. The maximum atomic E-state index is 13.2. The van der Waals surface area contributed by atoms with Gasteiger partial charge in [0.15, 0.2) is 0 Å². The van der Waals surface area contributed by atoms with Crippen LogP contribution in [0.4, 0.5) is 20.2 Å². The van der Waals surface area contributed by atoms with Gasteiger partial charge in [-0.15, -0.1) is 0 Å². The van der Waals surface area contributed by atoms with E-state index in [1.165, 1.54) is 17.3 Å². The highest BCUT2D eigenvalue weighted by Gasteiger charge is 2.44. The van der Waals surface area contributed by atoms with E-state index in [2.05, 4.69) is 15.5 Å². The standard InChI is InChI=1S/C21H18F2N4O2/c22-21(23)13-27(14-21)17-6-7-19(29-12-15-4-2-1-3-5-15)18(10-17)20(28)26-16-8-9-24-25-11-16/h1-11H,12-14H2,(H,24,26,28). The molecule has 1 aromatic heterocycles. The molecule has 1 aliphatic heterocycles. The smallest absolute Gasteiger partial charge is 0.282 e. The number of hydrogen-bond acceptors (Lipinski definition) is 5. The fourth-order valence-electron chi connectivity index (χ4n) is 3.01. The Morgan fingerprint density at radius 2 is 1.90 bits per heavy atom. The van der Waals surface area contributed by atoms with Crippen LogP contribution >= 0.6 is 0 Å². The topological polar surface area (TPSA) is 67.4 Å². The van der Waals surface area contributed by atoms with E-state index in [1.54, 1.807) is 24.3 Å². The maximum Gasteiger partial charge on any atom is 0.282 e. The van der Waals surface area contributed by atoms with Gasteiger partial charge in [-0.2, -0.15) is 10.2 Å². The van der Waals surface area contributed by atoms with E-state index in [1.807, 2.05) is 30.3 Å². The minimum atomic E-state index is -2.70. The molecule has 8 heteroatoms. The molecule has 29 heavy (non-hydrogen) atoms. The highest BCUT2D eigenvalue weighted by atomic mass is 19.3. The number of ether oxygens (including phenoxy) is 1. The zero-order valence-electron chi connectivity index (χ0n) is 15.4. The number of halogens is 2. The van der Waals surface area contributed by atoms with Gasteiger partial charge in [-0.25, -0.2) is 8.78 Å². The van der Waals surface area contributed by atoms with E-state index in [-0.39, 0.29) is 25.3 Å². The van der Waals surface area contributed by atoms with Gasteiger partial charge in [-0.3, -0.25) is 4.79 Å². The molecule has 2 heterocycles. The largest absolute Gasteiger partial charge is 0.488 e. The van der Waals surface area contributed by atoms with Crippen molar-refractivity contribution in [2.75, 3.05) is 23.3 Å². The van der Waals surface area contributed by atoms with Crippen LogP contribution in [0.15, 0.2) is 67.0 Å². The van der Waals surface area contributed by atoms with Crippen LogP contribution in [-0.4, -0.2) is 35.1 Å². The summed E-state index contributed by atoms with van der Waals surface area (Å²) in [4.78, 5) is 14.4. The second-order valence-electron chi connectivity index (χ2n) is 6.75. The molecule has 6 nitrogen and oxygen atoms in total. The predicted molar refractivity (Wildman–Crippen MR) is 104 cm³/mol. The molecular formula is C21H18F2N4O2. The first-order chi connectivity index (χ1) is 14.0. The number of amides is 1. The summed E-state index contributed by atoms with van der Waals surface area (Å²) in [5.74, 6) is -2.76. The van der Waals surface area contributed by atoms with E-state index in [4.69, 9.17) is 4.74 Å². The normalized spacial score (nSPS) is 14.8. The van der Waals surface area contributed by atoms with E-state index in [0.717, 1.165) is 5.56 Å². The number of alkyl halides is 2. The van der Waals surface area contributed by atoms with Crippen LogP contribution in [0.2, 0.25) is 0 Å². The Morgan fingerprint density at radius 3 is 2.59 bits per heavy atom. The minimum absolute atomic E-state index is 0.255. The highest BCUT2D eigenvalue weighted by Crippen LogP contribution is 2.34. The van der Waals surface area contributed by atoms with E-state index >= 15 is 0 Å². The van der Waals surface area contributed by atoms with Crippen LogP contribution in [0.5, 0.6) is 5.75 Å². The second-order valence-corrected chi connectivity index (χ2v) is 6.75. The minimum Gasteiger partial charge on any atom is -0.488 e. The van der Waals surface area contributed by atoms with Gasteiger partial charge in [0.2, 0.25) is 0 Å². The Labute approximate surface area is 166 Å². The van der Waals surface area contributed by atoms with Gasteiger partial charge in [0.1, 0.15) is 12.4 Å². The fourth-order valence-corrected chi connectivity index (χ4v) is 3.01. The van der Waals surface area contributed by atoms with Gasteiger partial charge in [0.25, 0.3) is 11.8 Å². The molecule has 0 atom stereocenters. The van der Waals surface area contributed by atoms with Crippen molar-refractivity contribution in [1.82, 2.24) is 10.2 Å². The summed E-state index contributed by atoms with van der Waals surface area (Å²) in [6.45, 7) is -0.460. The van der Waals surface area contributed by atoms with Crippen molar-refractivity contribution in [3.05, 3.63) is 78.1 Å². The Balaban J connectivity index is 1.58. The summed E-state index contributed by atoms with van der Waals surface area (Å²) in [5.41, 5.74) is 2.22. The van der Waals surface area contributed by atoms with Gasteiger partial charge >= 0.3 is 0 Å². The Bertz CT molecular complexity index is 992. The van der Waals surface area contributed by atoms with Crippen LogP contribution in [0, 0.1) is 0 Å². The molecule has 0 bridgehead atoms. The van der Waals surface area contributed by atoms with Crippen molar-refractivity contribution >= 4 is 17.3 Å². The van der Waals surface area contributed by atoms with Crippen LogP contribution in [0.25, 0.3) is 0 Å². The SMILES string of the molecule is O=C(Nc1ccnnc1)c1cc(N2CC(F)(F)C2)ccc1OCc1ccccc1. The quantitative estimate of drug-likeness (QED) is 0.687. The molecule has 2 aromatic carbocycles. The molecule has 0 spiro atoms. The molecular weight excluding hydrogens is 378 g/mol. The summed E-state index contributed by atoms with van der Waals surface area (Å²) >= 11 is 0. The number of carbonyl (C=O) groups is 1. The first-order valence-corrected chi connectivity index (χ1v) is 9.02. The molecule has 148 valence electrons. The summed E-state index contributed by atoms with van der Waals surface area (Å²) < 4.78 is 32.4. The van der Waals surface area contributed by atoms with Crippen molar-refractivity contribution < 1.29 is 18.3 Å². The van der Waals surface area contributed by atoms with Crippen molar-refractivity contribution in [2.45, 2.75) is 12.5 Å². The number of benzene rings is 2. The molecule has 1 amide bonds. The van der Waals surface area contributed by atoms with E-state index < -0.39 is 11.8 Å². The van der Waals surface area contributed by atoms with Crippen molar-refractivity contribution in [2.24, 2.45) is 0 Å². The van der Waals surface area contributed by atoms with Gasteiger partial charge in [0.05, 0.1) is 36.7 Å². The molecule has 0 radical (unpaired) electrons. The molecule has 0 saturated carbocycles. The lowest BCUT2D eigenvalue weighted by Crippen LogP contribution is -2.56. The Kier molecular flexibility index (Phi) is 5.07. The molecule has 1 saturated heterocycles. The summed E-state index contributed by atoms with van der Waals surface area (Å²) in [6, 6.07) is 16.0. The number of aromatic nitrogens is 2. The van der Waals surface area contributed by atoms with Crippen LogP contribution in [-0.2, 0) is 6.61 Å². The highest BCUT2D eigenvalue weighted by molar-refractivity contribution is 6.06. The van der Waals surface area contributed by atoms with Gasteiger partial charge < -0.3 is 15.0 Å². The Morgan fingerprint density at radius 1 is 1.10 bits per heavy atom. The zero-order valence-corrected chi connectivity index (χ0v) is 15.4. The van der Waals surface area contributed by atoms with Crippen molar-refractivity contribution in [1.29, 1.82) is 0 Å². The van der Waals surface area contributed by atoms with E-state index in [9.17, 15) is 13.6 Å². The van der Waals surface area contributed by atoms with Gasteiger partial charge in [0, 0.05) is 5.69 Å². The first-order valence-electron chi connectivity index (χ1n) is 9.02. The molecule has 0 unspecified atom stereocenters. The Hall–Kier alpha value is -3.55. The fraction of sp³-hybridized carbons (Fsp3) is 0.190. The third-order valence-electron chi connectivity index (χ3n) is 4.50. The van der Waals surface area contributed by atoms with Crippen LogP contribution in [0.1, 0.15) is 15.9 Å². The number of nitrogens with one attached hydrogen (secondary N) is 1. The van der Waals surface area contributed by atoms with Gasteiger partial charge in [-0.1, -0.05) is 30.3 Å². The lowest BCUT2D eigenvalue weighted by Gasteiger charge is -2.40. The molecule has 1 fully saturated rings. The summed E-state index contributed by atoms with van der Waals surface area (Å²) in [7, 11) is 0. The average Bonchev–Trinajstić information content (AvgIpc) is 2.72. The van der Waals surface area contributed by atoms with Crippen molar-refractivity contribution in [3.63, 3.8) is 0 Å². The summed E-state index contributed by atoms with van der Waals surface area (Å²) in [6.07, 6.45) is 2.88. The monoisotopic (exact) mass is 396 g/mol. The molecule has 1 aliphatic rings. The molecule has 1 N–H and O–H groups in total. The maximum absolute atomic E-state index is 13.2. The first kappa shape index (κ1) is 18.8. The van der Waals surface area contributed by atoms with Gasteiger partial charge in [-0.05, 0) is 29.8 Å². The second kappa shape index (κ2) is 7.83. The third kappa shape index (κ3) is 4.48. The predicted octanol–water partition coefficient (Wildman–Crippen LogP) is 3.76. The average molecular weight is 396 g/mol. The lowest BCUT2D eigenvalue weighted by molar-refractivity contribution is -0.0262. The van der Waals surface area contributed by atoms with Crippen LogP contribution in [0.3, 0.4) is 0 Å². The number of nitrogens with zero attached hydrogens (tertiary/aromatic N) is 3.